The summed E-state index contributed by atoms with van der Waals surface area (Å²) in [6, 6.07) is 8.04. The Morgan fingerprint density at radius 2 is 1.82 bits per heavy atom. The van der Waals surface area contributed by atoms with E-state index in [-0.39, 0.29) is 17.7 Å². The molecule has 4 heteroatoms. The minimum atomic E-state index is -0.504. The summed E-state index contributed by atoms with van der Waals surface area (Å²) in [4.78, 5) is 28.9. The Morgan fingerprint density at radius 1 is 1.18 bits per heavy atom. The highest BCUT2D eigenvalue weighted by Gasteiger charge is 2.59. The normalized spacial score (nSPS) is 19.1. The number of amides is 2. The third-order valence-corrected chi connectivity index (χ3v) is 4.64. The molecule has 118 valence electrons. The van der Waals surface area contributed by atoms with Crippen molar-refractivity contribution in [3.63, 3.8) is 0 Å². The van der Waals surface area contributed by atoms with E-state index in [0.29, 0.717) is 19.0 Å². The van der Waals surface area contributed by atoms with Crippen molar-refractivity contribution in [1.82, 2.24) is 4.90 Å². The molecule has 0 unspecified atom stereocenters. The van der Waals surface area contributed by atoms with Crippen molar-refractivity contribution in [2.45, 2.75) is 33.1 Å². The topological polar surface area (TPSA) is 40.6 Å². The van der Waals surface area contributed by atoms with Gasteiger partial charge in [0.2, 0.25) is 11.8 Å². The molecule has 1 fully saturated rings. The highest BCUT2D eigenvalue weighted by Crippen LogP contribution is 2.47. The molecule has 4 nitrogen and oxygen atoms in total. The van der Waals surface area contributed by atoms with E-state index in [2.05, 4.69) is 13.8 Å². The Hall–Kier alpha value is -1.84. The molecule has 0 aliphatic carbocycles. The molecule has 1 spiro atoms. The molecule has 1 aromatic carbocycles. The number of benzene rings is 1. The second-order valence-corrected chi connectivity index (χ2v) is 7.26. The van der Waals surface area contributed by atoms with E-state index in [1.165, 1.54) is 0 Å². The van der Waals surface area contributed by atoms with E-state index in [9.17, 15) is 9.59 Å². The molecule has 2 aliphatic heterocycles. The molecule has 0 saturated carbocycles. The van der Waals surface area contributed by atoms with Gasteiger partial charge in [-0.25, -0.2) is 0 Å². The Balaban J connectivity index is 1.91. The van der Waals surface area contributed by atoms with Crippen LogP contribution in [0.4, 0.5) is 5.69 Å². The van der Waals surface area contributed by atoms with Crippen LogP contribution in [0.15, 0.2) is 24.3 Å². The van der Waals surface area contributed by atoms with E-state index in [4.69, 9.17) is 0 Å². The van der Waals surface area contributed by atoms with Crippen LogP contribution >= 0.6 is 0 Å². The predicted molar refractivity (Wildman–Crippen MR) is 86.7 cm³/mol. The van der Waals surface area contributed by atoms with Crippen molar-refractivity contribution in [3.8, 4) is 0 Å². The van der Waals surface area contributed by atoms with Crippen molar-refractivity contribution in [2.24, 2.45) is 11.8 Å². The molecule has 0 N–H and O–H groups in total. The first-order valence-corrected chi connectivity index (χ1v) is 8.07. The van der Waals surface area contributed by atoms with Gasteiger partial charge < -0.3 is 9.80 Å². The molecule has 2 heterocycles. The summed E-state index contributed by atoms with van der Waals surface area (Å²) in [5, 5.41) is 0. The molecule has 0 atom stereocenters. The number of carbonyl (C=O) groups is 2. The Kier molecular flexibility index (Phi) is 3.50. The first-order chi connectivity index (χ1) is 10.4. The number of likely N-dealkylation sites (tertiary alicyclic amines) is 1. The number of rotatable bonds is 3. The van der Waals surface area contributed by atoms with Gasteiger partial charge >= 0.3 is 0 Å². The van der Waals surface area contributed by atoms with E-state index in [0.717, 1.165) is 17.8 Å². The fourth-order valence-electron chi connectivity index (χ4n) is 3.57. The fourth-order valence-corrected chi connectivity index (χ4v) is 3.57. The summed E-state index contributed by atoms with van der Waals surface area (Å²) in [6.07, 6.45) is 0. The molecule has 0 aromatic heterocycles. The van der Waals surface area contributed by atoms with E-state index in [1.54, 1.807) is 0 Å². The van der Waals surface area contributed by atoms with Crippen LogP contribution in [-0.2, 0) is 15.0 Å². The average molecular weight is 300 g/mol. The minimum Gasteiger partial charge on any atom is -0.339 e. The third kappa shape index (κ3) is 2.04. The van der Waals surface area contributed by atoms with Crippen molar-refractivity contribution >= 4 is 17.5 Å². The number of carbonyl (C=O) groups excluding carboxylic acids is 2. The van der Waals surface area contributed by atoms with Crippen LogP contribution in [0.3, 0.4) is 0 Å². The first-order valence-electron chi connectivity index (χ1n) is 8.07. The van der Waals surface area contributed by atoms with Crippen LogP contribution in [0.2, 0.25) is 0 Å². The van der Waals surface area contributed by atoms with Crippen LogP contribution in [0, 0.1) is 11.8 Å². The van der Waals surface area contributed by atoms with E-state index >= 15 is 0 Å². The molecular weight excluding hydrogens is 276 g/mol. The lowest BCUT2D eigenvalue weighted by molar-refractivity contribution is -0.146. The average Bonchev–Trinajstić information content (AvgIpc) is 2.66. The number of fused-ring (bicyclic) bond motifs is 2. The molecule has 1 saturated heterocycles. The van der Waals surface area contributed by atoms with E-state index < -0.39 is 5.41 Å². The fraction of sp³-hybridized carbons (Fsp3) is 0.556. The summed E-state index contributed by atoms with van der Waals surface area (Å²) >= 11 is 0. The smallest absolute Gasteiger partial charge is 0.241 e. The standard InChI is InChI=1S/C18H24N2O2/c1-12(2)9-20-15-8-6-5-7-14(15)18(17(20)22)10-19(11-18)16(21)13(3)4/h5-8,12-13H,9-11H2,1-4H3. The van der Waals surface area contributed by atoms with Crippen LogP contribution in [0.25, 0.3) is 0 Å². The lowest BCUT2D eigenvalue weighted by Crippen LogP contribution is -2.66. The second kappa shape index (κ2) is 5.11. The Morgan fingerprint density at radius 3 is 2.41 bits per heavy atom. The number of nitrogens with zero attached hydrogens (tertiary/aromatic N) is 2. The molecule has 2 amide bonds. The second-order valence-electron chi connectivity index (χ2n) is 7.26. The van der Waals surface area contributed by atoms with Gasteiger partial charge in [-0.05, 0) is 17.5 Å². The molecule has 3 rings (SSSR count). The maximum Gasteiger partial charge on any atom is 0.241 e. The highest BCUT2D eigenvalue weighted by molar-refractivity contribution is 6.10. The molecule has 0 radical (unpaired) electrons. The summed E-state index contributed by atoms with van der Waals surface area (Å²) in [6.45, 7) is 9.83. The lowest BCUT2D eigenvalue weighted by atomic mass is 9.74. The zero-order valence-electron chi connectivity index (χ0n) is 13.8. The van der Waals surface area contributed by atoms with Gasteiger partial charge in [0.05, 0.1) is 0 Å². The predicted octanol–water partition coefficient (Wildman–Crippen LogP) is 2.43. The van der Waals surface area contributed by atoms with Crippen LogP contribution in [-0.4, -0.2) is 36.3 Å². The SMILES string of the molecule is CC(C)CN1C(=O)C2(CN(C(=O)C(C)C)C2)c2ccccc21. The van der Waals surface area contributed by atoms with Crippen molar-refractivity contribution in [1.29, 1.82) is 0 Å². The van der Waals surface area contributed by atoms with E-state index in [1.807, 2.05) is 47.9 Å². The van der Waals surface area contributed by atoms with Gasteiger partial charge in [0.15, 0.2) is 0 Å². The molecule has 2 aliphatic rings. The largest absolute Gasteiger partial charge is 0.339 e. The number of hydrogen-bond donors (Lipinski definition) is 0. The van der Waals surface area contributed by atoms with Gasteiger partial charge in [-0.15, -0.1) is 0 Å². The monoisotopic (exact) mass is 300 g/mol. The highest BCUT2D eigenvalue weighted by atomic mass is 16.2. The Labute approximate surface area is 132 Å². The molecular formula is C18H24N2O2. The summed E-state index contributed by atoms with van der Waals surface area (Å²) < 4.78 is 0. The number of hydrogen-bond acceptors (Lipinski definition) is 2. The van der Waals surface area contributed by atoms with Crippen molar-refractivity contribution in [2.75, 3.05) is 24.5 Å². The zero-order valence-corrected chi connectivity index (χ0v) is 13.8. The molecule has 0 bridgehead atoms. The van der Waals surface area contributed by atoms with Crippen LogP contribution in [0.5, 0.6) is 0 Å². The van der Waals surface area contributed by atoms with Gasteiger partial charge in [0.25, 0.3) is 0 Å². The maximum atomic E-state index is 13.0. The minimum absolute atomic E-state index is 0.0177. The maximum absolute atomic E-state index is 13.0. The van der Waals surface area contributed by atoms with Crippen LogP contribution < -0.4 is 4.90 Å². The van der Waals surface area contributed by atoms with Gasteiger partial charge in [-0.1, -0.05) is 45.9 Å². The van der Waals surface area contributed by atoms with Gasteiger partial charge in [-0.3, -0.25) is 9.59 Å². The molecule has 1 aromatic rings. The lowest BCUT2D eigenvalue weighted by Gasteiger charge is -2.47. The summed E-state index contributed by atoms with van der Waals surface area (Å²) in [7, 11) is 0. The van der Waals surface area contributed by atoms with Gasteiger partial charge in [0, 0.05) is 31.2 Å². The molecule has 22 heavy (non-hydrogen) atoms. The zero-order chi connectivity index (χ0) is 16.1. The number of para-hydroxylation sites is 1. The first kappa shape index (κ1) is 15.1. The van der Waals surface area contributed by atoms with Crippen molar-refractivity contribution in [3.05, 3.63) is 29.8 Å². The Bertz CT molecular complexity index is 615. The van der Waals surface area contributed by atoms with Crippen LogP contribution in [0.1, 0.15) is 33.3 Å². The summed E-state index contributed by atoms with van der Waals surface area (Å²) in [5.74, 6) is 0.699. The quantitative estimate of drug-likeness (QED) is 0.860. The summed E-state index contributed by atoms with van der Waals surface area (Å²) in [5.41, 5.74) is 1.61. The number of anilines is 1. The third-order valence-electron chi connectivity index (χ3n) is 4.64. The van der Waals surface area contributed by atoms with Gasteiger partial charge in [-0.2, -0.15) is 0 Å². The van der Waals surface area contributed by atoms with Gasteiger partial charge in [0.1, 0.15) is 5.41 Å². The van der Waals surface area contributed by atoms with Crippen molar-refractivity contribution < 1.29 is 9.59 Å².